The lowest BCUT2D eigenvalue weighted by Gasteiger charge is -2.24. The van der Waals surface area contributed by atoms with Crippen LogP contribution in [0, 0.1) is 0 Å². The molecule has 1 aliphatic heterocycles. The SMILES string of the molecule is COc1cc(N)c(Cl)cc1C(=O)N(C)C1CCSC1. The zero-order valence-corrected chi connectivity index (χ0v) is 12.6. The number of ether oxygens (including phenoxy) is 1. The number of methoxy groups -OCH3 is 1. The molecular formula is C13H17ClN2O2S. The van der Waals surface area contributed by atoms with Crippen molar-refractivity contribution in [3.8, 4) is 5.75 Å². The molecule has 0 spiro atoms. The summed E-state index contributed by atoms with van der Waals surface area (Å²) in [4.78, 5) is 14.3. The normalized spacial score (nSPS) is 18.4. The maximum Gasteiger partial charge on any atom is 0.257 e. The zero-order valence-electron chi connectivity index (χ0n) is 11.0. The number of carbonyl (C=O) groups is 1. The zero-order chi connectivity index (χ0) is 14.0. The molecule has 0 bridgehead atoms. The summed E-state index contributed by atoms with van der Waals surface area (Å²) in [5.41, 5.74) is 6.59. The quantitative estimate of drug-likeness (QED) is 0.872. The van der Waals surface area contributed by atoms with Crippen LogP contribution in [0.2, 0.25) is 5.02 Å². The first-order valence-corrected chi connectivity index (χ1v) is 7.55. The molecule has 104 valence electrons. The van der Waals surface area contributed by atoms with Crippen molar-refractivity contribution in [2.75, 3.05) is 31.4 Å². The summed E-state index contributed by atoms with van der Waals surface area (Å²) in [6.45, 7) is 0. The van der Waals surface area contributed by atoms with Gasteiger partial charge in [-0.25, -0.2) is 0 Å². The molecule has 2 rings (SSSR count). The molecule has 1 amide bonds. The van der Waals surface area contributed by atoms with E-state index in [-0.39, 0.29) is 11.9 Å². The van der Waals surface area contributed by atoms with Crippen molar-refractivity contribution in [1.29, 1.82) is 0 Å². The third kappa shape index (κ3) is 2.92. The van der Waals surface area contributed by atoms with Gasteiger partial charge >= 0.3 is 0 Å². The van der Waals surface area contributed by atoms with Gasteiger partial charge in [-0.15, -0.1) is 0 Å². The van der Waals surface area contributed by atoms with Crippen LogP contribution >= 0.6 is 23.4 Å². The highest BCUT2D eigenvalue weighted by Gasteiger charge is 2.26. The first-order chi connectivity index (χ1) is 9.04. The molecule has 2 N–H and O–H groups in total. The number of nitrogens with zero attached hydrogens (tertiary/aromatic N) is 1. The molecule has 1 aromatic carbocycles. The van der Waals surface area contributed by atoms with E-state index in [1.54, 1.807) is 17.0 Å². The number of hydrogen-bond donors (Lipinski definition) is 1. The number of hydrogen-bond acceptors (Lipinski definition) is 4. The third-order valence-corrected chi connectivity index (χ3v) is 4.80. The Kier molecular flexibility index (Phi) is 4.47. The summed E-state index contributed by atoms with van der Waals surface area (Å²) < 4.78 is 5.22. The maximum absolute atomic E-state index is 12.5. The summed E-state index contributed by atoms with van der Waals surface area (Å²) >= 11 is 7.86. The summed E-state index contributed by atoms with van der Waals surface area (Å²) in [6.07, 6.45) is 1.03. The van der Waals surface area contributed by atoms with Crippen LogP contribution in [0.3, 0.4) is 0 Å². The predicted molar refractivity (Wildman–Crippen MR) is 80.2 cm³/mol. The van der Waals surface area contributed by atoms with E-state index in [0.717, 1.165) is 17.9 Å². The van der Waals surface area contributed by atoms with Gasteiger partial charge in [-0.3, -0.25) is 4.79 Å². The molecule has 1 fully saturated rings. The van der Waals surface area contributed by atoms with Gasteiger partial charge < -0.3 is 15.4 Å². The van der Waals surface area contributed by atoms with Gasteiger partial charge in [-0.1, -0.05) is 11.6 Å². The highest BCUT2D eigenvalue weighted by molar-refractivity contribution is 7.99. The van der Waals surface area contributed by atoms with Crippen LogP contribution in [0.4, 0.5) is 5.69 Å². The van der Waals surface area contributed by atoms with Crippen LogP contribution in [0.1, 0.15) is 16.8 Å². The predicted octanol–water partition coefficient (Wildman–Crippen LogP) is 2.51. The van der Waals surface area contributed by atoms with Crippen molar-refractivity contribution >= 4 is 35.0 Å². The Morgan fingerprint density at radius 3 is 2.89 bits per heavy atom. The van der Waals surface area contributed by atoms with E-state index in [9.17, 15) is 4.79 Å². The molecule has 1 atom stereocenters. The second-order valence-electron chi connectivity index (χ2n) is 4.51. The minimum atomic E-state index is -0.0775. The molecule has 0 aromatic heterocycles. The summed E-state index contributed by atoms with van der Waals surface area (Å²) in [7, 11) is 3.34. The number of thioether (sulfide) groups is 1. The largest absolute Gasteiger partial charge is 0.496 e. The number of anilines is 1. The van der Waals surface area contributed by atoms with Crippen molar-refractivity contribution in [2.45, 2.75) is 12.5 Å². The van der Waals surface area contributed by atoms with E-state index >= 15 is 0 Å². The lowest BCUT2D eigenvalue weighted by atomic mass is 10.1. The lowest BCUT2D eigenvalue weighted by Crippen LogP contribution is -2.37. The molecule has 0 saturated carbocycles. The fourth-order valence-corrected chi connectivity index (χ4v) is 3.52. The molecule has 0 aliphatic carbocycles. The van der Waals surface area contributed by atoms with Crippen molar-refractivity contribution < 1.29 is 9.53 Å². The molecule has 1 saturated heterocycles. The Morgan fingerprint density at radius 1 is 1.58 bits per heavy atom. The van der Waals surface area contributed by atoms with Crippen molar-refractivity contribution in [1.82, 2.24) is 4.90 Å². The Bertz CT molecular complexity index is 490. The number of carbonyl (C=O) groups excluding carboxylic acids is 1. The van der Waals surface area contributed by atoms with Crippen LogP contribution in [-0.4, -0.2) is 42.5 Å². The van der Waals surface area contributed by atoms with E-state index in [0.29, 0.717) is 22.0 Å². The molecule has 19 heavy (non-hydrogen) atoms. The minimum Gasteiger partial charge on any atom is -0.496 e. The Morgan fingerprint density at radius 2 is 2.32 bits per heavy atom. The molecule has 6 heteroatoms. The fraction of sp³-hybridized carbons (Fsp3) is 0.462. The Labute approximate surface area is 122 Å². The first kappa shape index (κ1) is 14.3. The molecule has 1 unspecified atom stereocenters. The van der Waals surface area contributed by atoms with Crippen molar-refractivity contribution in [3.63, 3.8) is 0 Å². The molecular weight excluding hydrogens is 284 g/mol. The maximum atomic E-state index is 12.5. The van der Waals surface area contributed by atoms with Gasteiger partial charge in [0, 0.05) is 24.9 Å². The minimum absolute atomic E-state index is 0.0775. The summed E-state index contributed by atoms with van der Waals surface area (Å²) in [5, 5.41) is 0.373. The number of rotatable bonds is 3. The van der Waals surface area contributed by atoms with Crippen molar-refractivity contribution in [3.05, 3.63) is 22.7 Å². The van der Waals surface area contributed by atoms with E-state index in [1.807, 2.05) is 18.8 Å². The molecule has 0 radical (unpaired) electrons. The smallest absolute Gasteiger partial charge is 0.257 e. The van der Waals surface area contributed by atoms with Gasteiger partial charge in [0.05, 0.1) is 23.4 Å². The Hall–Kier alpha value is -1.07. The van der Waals surface area contributed by atoms with Crippen LogP contribution in [0.25, 0.3) is 0 Å². The Balaban J connectivity index is 2.29. The van der Waals surface area contributed by atoms with Crippen LogP contribution in [0.15, 0.2) is 12.1 Å². The lowest BCUT2D eigenvalue weighted by molar-refractivity contribution is 0.0744. The first-order valence-electron chi connectivity index (χ1n) is 6.02. The number of nitrogen functional groups attached to an aromatic ring is 1. The van der Waals surface area contributed by atoms with Gasteiger partial charge in [-0.2, -0.15) is 11.8 Å². The van der Waals surface area contributed by atoms with E-state index < -0.39 is 0 Å². The average Bonchev–Trinajstić information content (AvgIpc) is 2.93. The highest BCUT2D eigenvalue weighted by atomic mass is 35.5. The average molecular weight is 301 g/mol. The molecule has 1 heterocycles. The molecule has 4 nitrogen and oxygen atoms in total. The van der Waals surface area contributed by atoms with Gasteiger partial charge in [-0.05, 0) is 18.2 Å². The van der Waals surface area contributed by atoms with Crippen molar-refractivity contribution in [2.24, 2.45) is 0 Å². The van der Waals surface area contributed by atoms with Crippen LogP contribution < -0.4 is 10.5 Å². The van der Waals surface area contributed by atoms with Crippen LogP contribution in [0.5, 0.6) is 5.75 Å². The fourth-order valence-electron chi connectivity index (χ4n) is 2.09. The third-order valence-electron chi connectivity index (χ3n) is 3.32. The second kappa shape index (κ2) is 5.92. The molecule has 1 aromatic rings. The monoisotopic (exact) mass is 300 g/mol. The van der Waals surface area contributed by atoms with Crippen LogP contribution in [-0.2, 0) is 0 Å². The van der Waals surface area contributed by atoms with E-state index in [4.69, 9.17) is 22.1 Å². The second-order valence-corrected chi connectivity index (χ2v) is 6.06. The summed E-state index contributed by atoms with van der Waals surface area (Å²) in [6, 6.07) is 3.45. The number of amides is 1. The highest BCUT2D eigenvalue weighted by Crippen LogP contribution is 2.31. The number of benzene rings is 1. The number of nitrogens with two attached hydrogens (primary N) is 1. The summed E-state index contributed by atoms with van der Waals surface area (Å²) in [5.74, 6) is 2.46. The van der Waals surface area contributed by atoms with Gasteiger partial charge in [0.15, 0.2) is 0 Å². The van der Waals surface area contributed by atoms with Gasteiger partial charge in [0.25, 0.3) is 5.91 Å². The topological polar surface area (TPSA) is 55.6 Å². The standard InChI is InChI=1S/C13H17ClN2O2S/c1-16(8-3-4-19-7-8)13(17)9-5-10(14)11(15)6-12(9)18-2/h5-6,8H,3-4,7,15H2,1-2H3. The van der Waals surface area contributed by atoms with E-state index in [2.05, 4.69) is 0 Å². The van der Waals surface area contributed by atoms with Gasteiger partial charge in [0.1, 0.15) is 5.75 Å². The number of halogens is 1. The molecule has 1 aliphatic rings. The van der Waals surface area contributed by atoms with Gasteiger partial charge in [0.2, 0.25) is 0 Å². The van der Waals surface area contributed by atoms with E-state index in [1.165, 1.54) is 7.11 Å².